The van der Waals surface area contributed by atoms with Crippen LogP contribution in [0.3, 0.4) is 0 Å². The molecule has 1 fully saturated rings. The number of ether oxygens (including phenoxy) is 1. The average Bonchev–Trinajstić information content (AvgIpc) is 3.03. The summed E-state index contributed by atoms with van der Waals surface area (Å²) in [6.07, 6.45) is 0.578. The minimum atomic E-state index is -1.08. The fourth-order valence-corrected chi connectivity index (χ4v) is 2.39. The maximum atomic E-state index is 14.1. The molecule has 0 unspecified atom stereocenters. The van der Waals surface area contributed by atoms with Gasteiger partial charge in [0.2, 0.25) is 0 Å². The van der Waals surface area contributed by atoms with E-state index in [0.717, 1.165) is 6.07 Å². The lowest BCUT2D eigenvalue weighted by Gasteiger charge is -2.17. The van der Waals surface area contributed by atoms with Crippen LogP contribution in [-0.4, -0.2) is 18.2 Å². The molecule has 1 aliphatic carbocycles. The van der Waals surface area contributed by atoms with E-state index in [9.17, 15) is 13.6 Å². The lowest BCUT2D eigenvalue weighted by molar-refractivity contribution is -0.137. The molecule has 0 bridgehead atoms. The summed E-state index contributed by atoms with van der Waals surface area (Å²) in [7, 11) is 1.25. The number of halogens is 3. The minimum absolute atomic E-state index is 0.0958. The van der Waals surface area contributed by atoms with Gasteiger partial charge in [0.05, 0.1) is 13.5 Å². The smallest absolute Gasteiger partial charge is 0.304 e. The van der Waals surface area contributed by atoms with Gasteiger partial charge in [-0.2, -0.15) is 0 Å². The molecule has 1 aromatic rings. The molecule has 98 valence electrons. The number of aliphatic carboxylic acids is 1. The van der Waals surface area contributed by atoms with Gasteiger partial charge in [-0.25, -0.2) is 8.78 Å². The highest BCUT2D eigenvalue weighted by molar-refractivity contribution is 6.32. The standard InChI is InChI=1S/C12H11ClF2O3/c1-18-7-4-6(14)9(11(15)10(7)13)12(2-3-12)5-8(16)17/h4H,2-3,5H2,1H3,(H,16,17). The summed E-state index contributed by atoms with van der Waals surface area (Å²) in [5.41, 5.74) is -1.20. The highest BCUT2D eigenvalue weighted by Crippen LogP contribution is 2.54. The zero-order valence-corrected chi connectivity index (χ0v) is 10.4. The first kappa shape index (κ1) is 13.1. The Morgan fingerprint density at radius 2 is 2.17 bits per heavy atom. The van der Waals surface area contributed by atoms with E-state index in [1.165, 1.54) is 7.11 Å². The quantitative estimate of drug-likeness (QED) is 0.860. The van der Waals surface area contributed by atoms with Crippen molar-refractivity contribution in [2.45, 2.75) is 24.7 Å². The number of hydrogen-bond donors (Lipinski definition) is 1. The predicted molar refractivity (Wildman–Crippen MR) is 61.1 cm³/mol. The molecule has 0 atom stereocenters. The molecular formula is C12H11ClF2O3. The van der Waals surface area contributed by atoms with E-state index in [4.69, 9.17) is 21.4 Å². The summed E-state index contributed by atoms with van der Waals surface area (Å²) in [6.45, 7) is 0. The van der Waals surface area contributed by atoms with Crippen LogP contribution in [0.15, 0.2) is 6.07 Å². The molecule has 0 radical (unpaired) electrons. The van der Waals surface area contributed by atoms with Gasteiger partial charge in [0.15, 0.2) is 5.82 Å². The number of carbonyl (C=O) groups is 1. The second-order valence-electron chi connectivity index (χ2n) is 4.41. The molecule has 0 spiro atoms. The highest BCUT2D eigenvalue weighted by Gasteiger charge is 2.50. The van der Waals surface area contributed by atoms with E-state index in [0.29, 0.717) is 12.8 Å². The lowest BCUT2D eigenvalue weighted by atomic mass is 9.91. The third-order valence-electron chi connectivity index (χ3n) is 3.22. The van der Waals surface area contributed by atoms with Crippen molar-refractivity contribution in [3.63, 3.8) is 0 Å². The first-order chi connectivity index (χ1) is 8.41. The van der Waals surface area contributed by atoms with Gasteiger partial charge in [0.25, 0.3) is 0 Å². The predicted octanol–water partition coefficient (Wildman–Crippen LogP) is 3.13. The van der Waals surface area contributed by atoms with Gasteiger partial charge < -0.3 is 9.84 Å². The summed E-state index contributed by atoms with van der Waals surface area (Å²) in [5.74, 6) is -2.92. The van der Waals surface area contributed by atoms with Gasteiger partial charge in [0, 0.05) is 17.0 Å². The highest BCUT2D eigenvalue weighted by atomic mass is 35.5. The van der Waals surface area contributed by atoms with Gasteiger partial charge in [-0.3, -0.25) is 4.79 Å². The number of benzene rings is 1. The molecule has 1 saturated carbocycles. The van der Waals surface area contributed by atoms with Gasteiger partial charge in [0.1, 0.15) is 16.6 Å². The van der Waals surface area contributed by atoms with Gasteiger partial charge >= 0.3 is 5.97 Å². The first-order valence-electron chi connectivity index (χ1n) is 5.35. The number of rotatable bonds is 4. The summed E-state index contributed by atoms with van der Waals surface area (Å²) < 4.78 is 32.7. The van der Waals surface area contributed by atoms with Crippen LogP contribution in [0.5, 0.6) is 5.75 Å². The Balaban J connectivity index is 2.52. The topological polar surface area (TPSA) is 46.5 Å². The van der Waals surface area contributed by atoms with Crippen molar-refractivity contribution >= 4 is 17.6 Å². The monoisotopic (exact) mass is 276 g/mol. The van der Waals surface area contributed by atoms with Crippen LogP contribution in [0, 0.1) is 11.6 Å². The van der Waals surface area contributed by atoms with Crippen molar-refractivity contribution in [3.8, 4) is 5.75 Å². The van der Waals surface area contributed by atoms with Crippen LogP contribution in [-0.2, 0) is 10.2 Å². The number of carboxylic acids is 1. The Morgan fingerprint density at radius 1 is 1.56 bits per heavy atom. The van der Waals surface area contributed by atoms with Crippen molar-refractivity contribution in [1.82, 2.24) is 0 Å². The maximum Gasteiger partial charge on any atom is 0.304 e. The normalized spacial score (nSPS) is 16.4. The van der Waals surface area contributed by atoms with E-state index in [-0.39, 0.29) is 22.8 Å². The molecule has 18 heavy (non-hydrogen) atoms. The van der Waals surface area contributed by atoms with Crippen LogP contribution in [0.1, 0.15) is 24.8 Å². The maximum absolute atomic E-state index is 14.1. The van der Waals surface area contributed by atoms with Crippen molar-refractivity contribution < 1.29 is 23.4 Å². The average molecular weight is 277 g/mol. The lowest BCUT2D eigenvalue weighted by Crippen LogP contribution is -2.17. The zero-order chi connectivity index (χ0) is 13.5. The van der Waals surface area contributed by atoms with Crippen molar-refractivity contribution in [2.24, 2.45) is 0 Å². The molecular weight excluding hydrogens is 266 g/mol. The van der Waals surface area contributed by atoms with Crippen molar-refractivity contribution in [1.29, 1.82) is 0 Å². The van der Waals surface area contributed by atoms with Crippen LogP contribution >= 0.6 is 11.6 Å². The minimum Gasteiger partial charge on any atom is -0.495 e. The van der Waals surface area contributed by atoms with Gasteiger partial charge in [-0.15, -0.1) is 0 Å². The van der Waals surface area contributed by atoms with Gasteiger partial charge in [-0.05, 0) is 12.8 Å². The van der Waals surface area contributed by atoms with E-state index >= 15 is 0 Å². The number of methoxy groups -OCH3 is 1. The summed E-state index contributed by atoms with van der Waals surface area (Å²) >= 11 is 5.73. The Hall–Kier alpha value is -1.36. The fourth-order valence-electron chi connectivity index (χ4n) is 2.16. The number of hydrogen-bond acceptors (Lipinski definition) is 2. The molecule has 3 nitrogen and oxygen atoms in total. The zero-order valence-electron chi connectivity index (χ0n) is 9.60. The van der Waals surface area contributed by atoms with Crippen LogP contribution in [0.4, 0.5) is 8.78 Å². The van der Waals surface area contributed by atoms with E-state index < -0.39 is 23.0 Å². The molecule has 1 aliphatic rings. The third kappa shape index (κ3) is 2.03. The molecule has 0 saturated heterocycles. The third-order valence-corrected chi connectivity index (χ3v) is 3.57. The van der Waals surface area contributed by atoms with Crippen molar-refractivity contribution in [3.05, 3.63) is 28.3 Å². The molecule has 0 amide bonds. The second kappa shape index (κ2) is 4.39. The Labute approximate surface area is 107 Å². The van der Waals surface area contributed by atoms with Crippen molar-refractivity contribution in [2.75, 3.05) is 7.11 Å². The fraction of sp³-hybridized carbons (Fsp3) is 0.417. The molecule has 0 aliphatic heterocycles. The molecule has 0 heterocycles. The molecule has 1 N–H and O–H groups in total. The Kier molecular flexibility index (Phi) is 3.19. The number of carboxylic acid groups (broad SMARTS) is 1. The molecule has 6 heteroatoms. The summed E-state index contributed by atoms with van der Waals surface area (Å²) in [5, 5.41) is 8.49. The Bertz CT molecular complexity index is 513. The largest absolute Gasteiger partial charge is 0.495 e. The van der Waals surface area contributed by atoms with Crippen LogP contribution in [0.25, 0.3) is 0 Å². The van der Waals surface area contributed by atoms with Crippen LogP contribution < -0.4 is 4.74 Å². The SMILES string of the molecule is COc1cc(F)c(C2(CC(=O)O)CC2)c(F)c1Cl. The van der Waals surface area contributed by atoms with Crippen LogP contribution in [0.2, 0.25) is 5.02 Å². The van der Waals surface area contributed by atoms with Gasteiger partial charge in [-0.1, -0.05) is 11.6 Å². The molecule has 0 aromatic heterocycles. The molecule has 1 aromatic carbocycles. The first-order valence-corrected chi connectivity index (χ1v) is 5.73. The Morgan fingerprint density at radius 3 is 2.61 bits per heavy atom. The second-order valence-corrected chi connectivity index (χ2v) is 4.79. The van der Waals surface area contributed by atoms with E-state index in [2.05, 4.69) is 0 Å². The molecule has 2 rings (SSSR count). The van der Waals surface area contributed by atoms with E-state index in [1.54, 1.807) is 0 Å². The summed E-state index contributed by atoms with van der Waals surface area (Å²) in [4.78, 5) is 10.8. The summed E-state index contributed by atoms with van der Waals surface area (Å²) in [6, 6.07) is 0.989. The van der Waals surface area contributed by atoms with E-state index in [1.807, 2.05) is 0 Å².